The number of fused-ring (bicyclic) bond motifs is 1. The van der Waals surface area contributed by atoms with E-state index in [4.69, 9.17) is 0 Å². The molecule has 3 heterocycles. The molecule has 4 rings (SSSR count). The zero-order chi connectivity index (χ0) is 17.2. The van der Waals surface area contributed by atoms with Gasteiger partial charge < -0.3 is 5.32 Å². The van der Waals surface area contributed by atoms with Gasteiger partial charge in [-0.1, -0.05) is 30.0 Å². The Balaban J connectivity index is 1.47. The van der Waals surface area contributed by atoms with Crippen LogP contribution in [0.1, 0.15) is 11.3 Å². The van der Waals surface area contributed by atoms with Gasteiger partial charge in [0.25, 0.3) is 0 Å². The average molecular weight is 368 g/mol. The van der Waals surface area contributed by atoms with Crippen LogP contribution in [0.15, 0.2) is 47.2 Å². The number of benzene rings is 1. The molecule has 0 aliphatic carbocycles. The molecule has 0 amide bonds. The Labute approximate surface area is 153 Å². The van der Waals surface area contributed by atoms with Crippen LogP contribution in [0, 0.1) is 6.92 Å². The Morgan fingerprint density at radius 3 is 3.00 bits per heavy atom. The molecule has 0 aliphatic heterocycles. The molecule has 1 N–H and O–H groups in total. The van der Waals surface area contributed by atoms with E-state index in [2.05, 4.69) is 49.8 Å². The predicted molar refractivity (Wildman–Crippen MR) is 102 cm³/mol. The molecule has 4 aromatic rings. The van der Waals surface area contributed by atoms with Gasteiger partial charge in [-0.25, -0.2) is 15.0 Å². The van der Waals surface area contributed by atoms with Crippen molar-refractivity contribution in [2.45, 2.75) is 17.7 Å². The van der Waals surface area contributed by atoms with Crippen LogP contribution < -0.4 is 5.32 Å². The second-order valence-corrected chi connectivity index (χ2v) is 7.38. The summed E-state index contributed by atoms with van der Waals surface area (Å²) in [6, 6.07) is 8.20. The van der Waals surface area contributed by atoms with Crippen molar-refractivity contribution in [2.75, 3.05) is 5.32 Å². The van der Waals surface area contributed by atoms with E-state index in [1.165, 1.54) is 5.56 Å². The summed E-state index contributed by atoms with van der Waals surface area (Å²) < 4.78 is 1.76. The third-order valence-corrected chi connectivity index (χ3v) is 5.63. The minimum absolute atomic E-state index is 0.757. The number of rotatable bonds is 5. The van der Waals surface area contributed by atoms with Crippen molar-refractivity contribution in [3.63, 3.8) is 0 Å². The molecule has 0 atom stereocenters. The molecule has 6 nitrogen and oxygen atoms in total. The van der Waals surface area contributed by atoms with Gasteiger partial charge in [0, 0.05) is 23.9 Å². The Hall–Kier alpha value is -2.45. The lowest BCUT2D eigenvalue weighted by Crippen LogP contribution is -1.93. The maximum atomic E-state index is 4.67. The van der Waals surface area contributed by atoms with E-state index in [1.807, 2.05) is 25.4 Å². The summed E-state index contributed by atoms with van der Waals surface area (Å²) in [5.74, 6) is 0.757. The van der Waals surface area contributed by atoms with Crippen molar-refractivity contribution in [2.24, 2.45) is 7.05 Å². The molecule has 1 aromatic carbocycles. The molecule has 0 aliphatic rings. The number of aromatic nitrogens is 5. The maximum absolute atomic E-state index is 4.67. The molecule has 25 heavy (non-hydrogen) atoms. The van der Waals surface area contributed by atoms with Crippen LogP contribution in [0.3, 0.4) is 0 Å². The van der Waals surface area contributed by atoms with E-state index < -0.39 is 0 Å². The SMILES string of the molecule is Cc1ccccc1Nc1nc(CSc2ncnc3c2cnn3C)cs1. The normalized spacial score (nSPS) is 11.1. The number of hydrogen-bond acceptors (Lipinski definition) is 7. The maximum Gasteiger partial charge on any atom is 0.187 e. The van der Waals surface area contributed by atoms with Gasteiger partial charge in [-0.05, 0) is 18.6 Å². The molecular weight excluding hydrogens is 352 g/mol. The molecular formula is C17H16N6S2. The predicted octanol–water partition coefficient (Wildman–Crippen LogP) is 4.16. The lowest BCUT2D eigenvalue weighted by molar-refractivity contribution is 0.784. The lowest BCUT2D eigenvalue weighted by Gasteiger charge is -2.05. The van der Waals surface area contributed by atoms with Crippen molar-refractivity contribution in [1.82, 2.24) is 24.7 Å². The largest absolute Gasteiger partial charge is 0.331 e. The standard InChI is InChI=1S/C17H16N6S2/c1-11-5-3-4-6-14(11)22-17-21-12(9-25-17)8-24-16-13-7-20-23(2)15(13)18-10-19-16/h3-7,9-10H,8H2,1-2H3,(H,21,22). The third kappa shape index (κ3) is 3.35. The molecule has 0 saturated heterocycles. The number of para-hydroxylation sites is 1. The molecule has 0 saturated carbocycles. The van der Waals surface area contributed by atoms with Crippen molar-refractivity contribution in [1.29, 1.82) is 0 Å². The molecule has 0 spiro atoms. The molecule has 126 valence electrons. The fraction of sp³-hybridized carbons (Fsp3) is 0.176. The highest BCUT2D eigenvalue weighted by Crippen LogP contribution is 2.29. The van der Waals surface area contributed by atoms with Gasteiger partial charge in [-0.2, -0.15) is 5.10 Å². The monoisotopic (exact) mass is 368 g/mol. The number of nitrogens with zero attached hydrogens (tertiary/aromatic N) is 5. The first-order valence-electron chi connectivity index (χ1n) is 7.73. The van der Waals surface area contributed by atoms with Gasteiger partial charge in [-0.15, -0.1) is 11.3 Å². The fourth-order valence-electron chi connectivity index (χ4n) is 2.46. The van der Waals surface area contributed by atoms with E-state index in [0.717, 1.165) is 38.3 Å². The van der Waals surface area contributed by atoms with Crippen molar-refractivity contribution in [3.8, 4) is 0 Å². The highest BCUT2D eigenvalue weighted by Gasteiger charge is 2.10. The highest BCUT2D eigenvalue weighted by atomic mass is 32.2. The summed E-state index contributed by atoms with van der Waals surface area (Å²) in [5.41, 5.74) is 4.16. The number of aryl methyl sites for hydroxylation is 2. The Kier molecular flexibility index (Phi) is 4.37. The van der Waals surface area contributed by atoms with Gasteiger partial charge in [-0.3, -0.25) is 4.68 Å². The third-order valence-electron chi connectivity index (χ3n) is 3.79. The Morgan fingerprint density at radius 2 is 2.12 bits per heavy atom. The van der Waals surface area contributed by atoms with Crippen LogP contribution in [-0.2, 0) is 12.8 Å². The van der Waals surface area contributed by atoms with Crippen LogP contribution >= 0.6 is 23.1 Å². The van der Waals surface area contributed by atoms with Gasteiger partial charge >= 0.3 is 0 Å². The number of thioether (sulfide) groups is 1. The lowest BCUT2D eigenvalue weighted by atomic mass is 10.2. The fourth-order valence-corrected chi connectivity index (χ4v) is 4.14. The minimum Gasteiger partial charge on any atom is -0.331 e. The molecule has 0 unspecified atom stereocenters. The molecule has 3 aromatic heterocycles. The average Bonchev–Trinajstić information content (AvgIpc) is 3.22. The number of thiazole rings is 1. The van der Waals surface area contributed by atoms with Crippen LogP contribution in [0.4, 0.5) is 10.8 Å². The smallest absolute Gasteiger partial charge is 0.187 e. The Morgan fingerprint density at radius 1 is 1.24 bits per heavy atom. The van der Waals surface area contributed by atoms with Crippen molar-refractivity contribution >= 4 is 45.0 Å². The number of nitrogens with one attached hydrogen (secondary N) is 1. The summed E-state index contributed by atoms with van der Waals surface area (Å²) >= 11 is 3.26. The summed E-state index contributed by atoms with van der Waals surface area (Å²) in [7, 11) is 1.88. The second kappa shape index (κ2) is 6.81. The summed E-state index contributed by atoms with van der Waals surface area (Å²) in [6.45, 7) is 2.08. The summed E-state index contributed by atoms with van der Waals surface area (Å²) in [5, 5.41) is 12.5. The van der Waals surface area contributed by atoms with Crippen LogP contribution in [-0.4, -0.2) is 24.7 Å². The van der Waals surface area contributed by atoms with Gasteiger partial charge in [0.15, 0.2) is 10.8 Å². The molecule has 0 radical (unpaired) electrons. The quantitative estimate of drug-likeness (QED) is 0.421. The van der Waals surface area contributed by atoms with E-state index in [1.54, 1.807) is 34.1 Å². The molecule has 0 bridgehead atoms. The first-order valence-corrected chi connectivity index (χ1v) is 9.60. The van der Waals surface area contributed by atoms with E-state index in [0.29, 0.717) is 0 Å². The van der Waals surface area contributed by atoms with Gasteiger partial charge in [0.05, 0.1) is 17.3 Å². The van der Waals surface area contributed by atoms with Crippen LogP contribution in [0.5, 0.6) is 0 Å². The molecule has 0 fully saturated rings. The number of hydrogen-bond donors (Lipinski definition) is 1. The second-order valence-electron chi connectivity index (χ2n) is 5.56. The summed E-state index contributed by atoms with van der Waals surface area (Å²) in [4.78, 5) is 13.3. The number of anilines is 2. The topological polar surface area (TPSA) is 68.5 Å². The van der Waals surface area contributed by atoms with Crippen LogP contribution in [0.25, 0.3) is 11.0 Å². The van der Waals surface area contributed by atoms with E-state index >= 15 is 0 Å². The van der Waals surface area contributed by atoms with Crippen molar-refractivity contribution in [3.05, 3.63) is 53.4 Å². The summed E-state index contributed by atoms with van der Waals surface area (Å²) in [6.07, 6.45) is 3.39. The van der Waals surface area contributed by atoms with Crippen molar-refractivity contribution < 1.29 is 0 Å². The highest BCUT2D eigenvalue weighted by molar-refractivity contribution is 7.98. The van der Waals surface area contributed by atoms with E-state index in [9.17, 15) is 0 Å². The first-order chi connectivity index (χ1) is 12.2. The van der Waals surface area contributed by atoms with E-state index in [-0.39, 0.29) is 0 Å². The van der Waals surface area contributed by atoms with Crippen LogP contribution in [0.2, 0.25) is 0 Å². The zero-order valence-electron chi connectivity index (χ0n) is 13.8. The van der Waals surface area contributed by atoms with Gasteiger partial charge in [0.2, 0.25) is 0 Å². The minimum atomic E-state index is 0.757. The van der Waals surface area contributed by atoms with Gasteiger partial charge in [0.1, 0.15) is 11.4 Å². The molecule has 8 heteroatoms. The zero-order valence-corrected chi connectivity index (χ0v) is 15.4. The first kappa shape index (κ1) is 16.0. The Bertz CT molecular complexity index is 1020.